The predicted octanol–water partition coefficient (Wildman–Crippen LogP) is 0.163. The molecule has 2 rings (SSSR count). The molecule has 21 heavy (non-hydrogen) atoms. The van der Waals surface area contributed by atoms with E-state index in [0.29, 0.717) is 13.1 Å². The van der Waals surface area contributed by atoms with Crippen LogP contribution in [0.25, 0.3) is 0 Å². The molecule has 1 spiro atoms. The van der Waals surface area contributed by atoms with E-state index in [1.54, 1.807) is 17.9 Å². The second kappa shape index (κ2) is 6.58. The molecule has 2 fully saturated rings. The highest BCUT2D eigenvalue weighted by Crippen LogP contribution is 2.39. The van der Waals surface area contributed by atoms with Gasteiger partial charge in [-0.05, 0) is 32.7 Å². The zero-order valence-electron chi connectivity index (χ0n) is 12.7. The fraction of sp³-hybridized carbons (Fsp3) is 0.733. The Morgan fingerprint density at radius 2 is 2.19 bits per heavy atom. The lowest BCUT2D eigenvalue weighted by Crippen LogP contribution is -2.52. The van der Waals surface area contributed by atoms with E-state index in [2.05, 4.69) is 4.90 Å². The number of ether oxygens (including phenoxy) is 1. The summed E-state index contributed by atoms with van der Waals surface area (Å²) in [6, 6.07) is -0.530. The molecule has 0 aromatic rings. The van der Waals surface area contributed by atoms with Gasteiger partial charge >= 0.3 is 5.97 Å². The van der Waals surface area contributed by atoms with Gasteiger partial charge in [0.15, 0.2) is 0 Å². The van der Waals surface area contributed by atoms with Crippen LogP contribution in [0.4, 0.5) is 0 Å². The Bertz CT molecular complexity index is 437. The first-order chi connectivity index (χ1) is 10.1. The van der Waals surface area contributed by atoms with Gasteiger partial charge in [-0.1, -0.05) is 12.2 Å². The topological polar surface area (TPSA) is 70.1 Å². The standard InChI is InChI=1S/C15H24N2O4/c1-12(13(19)21-2)17-10-7-15(14(17)20)6-5-9-16(15)8-3-4-11-18/h3-4,12,18H,5-11H2,1-2H3/b4-3+. The molecule has 2 aliphatic rings. The minimum Gasteiger partial charge on any atom is -0.467 e. The zero-order chi connectivity index (χ0) is 15.5. The largest absolute Gasteiger partial charge is 0.467 e. The predicted molar refractivity (Wildman–Crippen MR) is 77.6 cm³/mol. The number of aliphatic hydroxyl groups excluding tert-OH is 1. The molecule has 0 aromatic heterocycles. The van der Waals surface area contributed by atoms with Gasteiger partial charge in [0.1, 0.15) is 11.6 Å². The fourth-order valence-electron chi connectivity index (χ4n) is 3.45. The lowest BCUT2D eigenvalue weighted by atomic mass is 9.94. The second-order valence-corrected chi connectivity index (χ2v) is 5.68. The van der Waals surface area contributed by atoms with E-state index in [-0.39, 0.29) is 18.5 Å². The van der Waals surface area contributed by atoms with Crippen LogP contribution in [-0.4, -0.2) is 71.7 Å². The lowest BCUT2D eigenvalue weighted by Gasteiger charge is -2.33. The number of esters is 1. The van der Waals surface area contributed by atoms with Crippen molar-refractivity contribution in [2.75, 3.05) is 33.4 Å². The Balaban J connectivity index is 2.11. The van der Waals surface area contributed by atoms with E-state index in [4.69, 9.17) is 9.84 Å². The third-order valence-electron chi connectivity index (χ3n) is 4.66. The summed E-state index contributed by atoms with van der Waals surface area (Å²) < 4.78 is 4.74. The zero-order valence-corrected chi connectivity index (χ0v) is 12.7. The molecule has 6 heteroatoms. The number of aliphatic hydroxyl groups is 1. The molecule has 2 saturated heterocycles. The summed E-state index contributed by atoms with van der Waals surface area (Å²) in [5, 5.41) is 8.82. The molecule has 118 valence electrons. The highest BCUT2D eigenvalue weighted by Gasteiger charge is 2.54. The number of rotatable bonds is 5. The first-order valence-corrected chi connectivity index (χ1v) is 7.46. The quantitative estimate of drug-likeness (QED) is 0.578. The molecule has 2 atom stereocenters. The highest BCUT2D eigenvalue weighted by molar-refractivity contribution is 5.92. The molecule has 6 nitrogen and oxygen atoms in total. The molecule has 0 aliphatic carbocycles. The number of nitrogens with zero attached hydrogens (tertiary/aromatic N) is 2. The van der Waals surface area contributed by atoms with Gasteiger partial charge in [-0.25, -0.2) is 4.79 Å². The summed E-state index contributed by atoms with van der Waals surface area (Å²) in [4.78, 5) is 28.3. The summed E-state index contributed by atoms with van der Waals surface area (Å²) in [5.74, 6) is -0.333. The Morgan fingerprint density at radius 3 is 2.86 bits per heavy atom. The highest BCUT2D eigenvalue weighted by atomic mass is 16.5. The Hall–Kier alpha value is -1.40. The van der Waals surface area contributed by atoms with E-state index in [9.17, 15) is 9.59 Å². The molecule has 0 bridgehead atoms. The van der Waals surface area contributed by atoms with Gasteiger partial charge in [-0.3, -0.25) is 9.69 Å². The van der Waals surface area contributed by atoms with E-state index < -0.39 is 11.6 Å². The fourth-order valence-corrected chi connectivity index (χ4v) is 3.45. The van der Waals surface area contributed by atoms with Crippen LogP contribution in [0.5, 0.6) is 0 Å². The normalized spacial score (nSPS) is 28.0. The molecule has 0 radical (unpaired) electrons. The first-order valence-electron chi connectivity index (χ1n) is 7.46. The summed E-state index contributed by atoms with van der Waals surface area (Å²) >= 11 is 0. The van der Waals surface area contributed by atoms with Gasteiger partial charge in [0.25, 0.3) is 0 Å². The van der Waals surface area contributed by atoms with Crippen LogP contribution in [-0.2, 0) is 14.3 Å². The molecule has 2 unspecified atom stereocenters. The third-order valence-corrected chi connectivity index (χ3v) is 4.66. The summed E-state index contributed by atoms with van der Waals surface area (Å²) in [6.45, 7) is 3.86. The molecule has 0 aromatic carbocycles. The number of hydrogen-bond donors (Lipinski definition) is 1. The van der Waals surface area contributed by atoms with E-state index in [1.807, 2.05) is 6.08 Å². The van der Waals surface area contributed by atoms with Gasteiger partial charge in [0, 0.05) is 13.1 Å². The second-order valence-electron chi connectivity index (χ2n) is 5.68. The van der Waals surface area contributed by atoms with Crippen molar-refractivity contribution in [3.05, 3.63) is 12.2 Å². The molecular weight excluding hydrogens is 272 g/mol. The van der Waals surface area contributed by atoms with Crippen molar-refractivity contribution in [3.8, 4) is 0 Å². The van der Waals surface area contributed by atoms with E-state index in [0.717, 1.165) is 25.8 Å². The number of carbonyl (C=O) groups excluding carboxylic acids is 2. The minimum absolute atomic E-state index is 0.0142. The van der Waals surface area contributed by atoms with E-state index in [1.165, 1.54) is 7.11 Å². The van der Waals surface area contributed by atoms with Gasteiger partial charge in [0.05, 0.1) is 13.7 Å². The van der Waals surface area contributed by atoms with Crippen LogP contribution in [0.3, 0.4) is 0 Å². The number of methoxy groups -OCH3 is 1. The maximum absolute atomic E-state index is 12.8. The third kappa shape index (κ3) is 2.82. The molecule has 2 aliphatic heterocycles. The van der Waals surface area contributed by atoms with Crippen LogP contribution in [0.1, 0.15) is 26.2 Å². The van der Waals surface area contributed by atoms with Gasteiger partial charge in [-0.15, -0.1) is 0 Å². The number of likely N-dealkylation sites (tertiary alicyclic amines) is 2. The summed E-state index contributed by atoms with van der Waals surface area (Å²) in [5.41, 5.74) is -0.470. The van der Waals surface area contributed by atoms with Gasteiger partial charge in [0.2, 0.25) is 5.91 Å². The average molecular weight is 296 g/mol. The lowest BCUT2D eigenvalue weighted by molar-refractivity contribution is -0.152. The van der Waals surface area contributed by atoms with Crippen LogP contribution in [0.2, 0.25) is 0 Å². The van der Waals surface area contributed by atoms with Crippen LogP contribution >= 0.6 is 0 Å². The van der Waals surface area contributed by atoms with Crippen molar-refractivity contribution >= 4 is 11.9 Å². The maximum atomic E-state index is 12.8. The summed E-state index contributed by atoms with van der Waals surface area (Å²) in [7, 11) is 1.34. The van der Waals surface area contributed by atoms with Crippen LogP contribution < -0.4 is 0 Å². The SMILES string of the molecule is COC(=O)C(C)N1CCC2(CCCN2C/C=C/CO)C1=O. The Kier molecular flexibility index (Phi) is 5.00. The average Bonchev–Trinajstić information content (AvgIpc) is 3.04. The van der Waals surface area contributed by atoms with E-state index >= 15 is 0 Å². The van der Waals surface area contributed by atoms with Crippen molar-refractivity contribution in [2.45, 2.75) is 37.8 Å². The van der Waals surface area contributed by atoms with Gasteiger partial charge < -0.3 is 14.7 Å². The monoisotopic (exact) mass is 296 g/mol. The number of hydrogen-bond acceptors (Lipinski definition) is 5. The number of carbonyl (C=O) groups is 2. The molecule has 1 N–H and O–H groups in total. The molecular formula is C15H24N2O4. The Labute approximate surface area is 125 Å². The van der Waals surface area contributed by atoms with Crippen molar-refractivity contribution in [1.29, 1.82) is 0 Å². The molecule has 2 heterocycles. The smallest absolute Gasteiger partial charge is 0.328 e. The first kappa shape index (κ1) is 16.0. The van der Waals surface area contributed by atoms with Crippen molar-refractivity contribution < 1.29 is 19.4 Å². The molecule has 1 amide bonds. The van der Waals surface area contributed by atoms with Crippen LogP contribution in [0, 0.1) is 0 Å². The Morgan fingerprint density at radius 1 is 1.43 bits per heavy atom. The molecule has 0 saturated carbocycles. The summed E-state index contributed by atoms with van der Waals surface area (Å²) in [6.07, 6.45) is 6.16. The van der Waals surface area contributed by atoms with Crippen molar-refractivity contribution in [2.24, 2.45) is 0 Å². The minimum atomic E-state index is -0.530. The maximum Gasteiger partial charge on any atom is 0.328 e. The van der Waals surface area contributed by atoms with Crippen molar-refractivity contribution in [1.82, 2.24) is 9.80 Å². The van der Waals surface area contributed by atoms with Crippen LogP contribution in [0.15, 0.2) is 12.2 Å². The van der Waals surface area contributed by atoms with Crippen molar-refractivity contribution in [3.63, 3.8) is 0 Å². The van der Waals surface area contributed by atoms with Gasteiger partial charge in [-0.2, -0.15) is 0 Å². The number of amides is 1.